The van der Waals surface area contributed by atoms with Gasteiger partial charge in [0.15, 0.2) is 11.2 Å². The van der Waals surface area contributed by atoms with E-state index in [1.165, 1.54) is 54.7 Å². The van der Waals surface area contributed by atoms with Gasteiger partial charge in [-0.3, -0.25) is 56.6 Å². The number of para-hydroxylation sites is 1. The number of phosphoric ester groups is 2. The first-order chi connectivity index (χ1) is 31.0. The van der Waals surface area contributed by atoms with Crippen molar-refractivity contribution >= 4 is 68.3 Å². The number of carboxylic acids is 2. The molecule has 0 saturated carbocycles. The number of nitrogens with one attached hydrogen (secondary N) is 5. The molecule has 0 fully saturated rings. The average Bonchev–Trinajstić information content (AvgIpc) is 3.25. The second-order valence-electron chi connectivity index (χ2n) is 13.0. The van der Waals surface area contributed by atoms with Crippen molar-refractivity contribution in [2.75, 3.05) is 50.2 Å². The first-order valence-corrected chi connectivity index (χ1v) is 22.7. The van der Waals surface area contributed by atoms with Crippen molar-refractivity contribution in [3.63, 3.8) is 0 Å². The van der Waals surface area contributed by atoms with Crippen molar-refractivity contribution in [3.8, 4) is 5.75 Å². The number of anilines is 2. The number of fused-ring (bicyclic) bond motifs is 1. The summed E-state index contributed by atoms with van der Waals surface area (Å²) in [5.74, 6) is -4.65. The first kappa shape index (κ1) is 51.5. The van der Waals surface area contributed by atoms with Gasteiger partial charge in [-0.25, -0.2) is 28.7 Å². The van der Waals surface area contributed by atoms with Crippen molar-refractivity contribution in [1.29, 1.82) is 0 Å². The molecule has 0 radical (unpaired) electrons. The topological polar surface area (TPSA) is 344 Å². The van der Waals surface area contributed by atoms with Crippen LogP contribution in [0, 0.1) is 0 Å². The third kappa shape index (κ3) is 16.1. The van der Waals surface area contributed by atoms with Gasteiger partial charge >= 0.3 is 33.7 Å². The fourth-order valence-corrected chi connectivity index (χ4v) is 7.92. The molecule has 27 heteroatoms. The van der Waals surface area contributed by atoms with E-state index in [4.69, 9.17) is 37.0 Å². The number of hydrogen-bond donors (Lipinski definition) is 7. The largest absolute Gasteiger partial charge is 0.481 e. The minimum absolute atomic E-state index is 0.0181. The van der Waals surface area contributed by atoms with Gasteiger partial charge < -0.3 is 30.9 Å². The first-order valence-electron chi connectivity index (χ1n) is 19.8. The summed E-state index contributed by atoms with van der Waals surface area (Å²) in [6.45, 7) is 5.22. The van der Waals surface area contributed by atoms with Crippen molar-refractivity contribution < 1.29 is 75.2 Å². The number of hydrogen-bond acceptors (Lipinski definition) is 19. The third-order valence-electron chi connectivity index (χ3n) is 8.23. The Morgan fingerprint density at radius 1 is 0.815 bits per heavy atom. The van der Waals surface area contributed by atoms with Gasteiger partial charge in [-0.1, -0.05) is 12.1 Å². The summed E-state index contributed by atoms with van der Waals surface area (Å²) >= 11 is 0. The molecular formula is C38H48N8O17P2. The molecule has 0 aliphatic rings. The fourth-order valence-electron chi connectivity index (χ4n) is 5.39. The maximum absolute atomic E-state index is 13.4. The molecular weight excluding hydrogens is 902 g/mol. The molecule has 0 saturated heterocycles. The van der Waals surface area contributed by atoms with E-state index in [0.29, 0.717) is 11.4 Å². The van der Waals surface area contributed by atoms with E-state index in [9.17, 15) is 43.0 Å². The van der Waals surface area contributed by atoms with Crippen LogP contribution in [0.3, 0.4) is 0 Å². The summed E-state index contributed by atoms with van der Waals surface area (Å²) in [7, 11) is -8.26. The van der Waals surface area contributed by atoms with Crippen molar-refractivity contribution in [1.82, 2.24) is 30.6 Å². The van der Waals surface area contributed by atoms with Crippen LogP contribution >= 0.6 is 15.6 Å². The highest BCUT2D eigenvalue weighted by Gasteiger charge is 2.34. The zero-order chi connectivity index (χ0) is 47.6. The van der Waals surface area contributed by atoms with E-state index >= 15 is 0 Å². The molecule has 2 aromatic heterocycles. The third-order valence-corrected chi connectivity index (χ3v) is 11.5. The van der Waals surface area contributed by atoms with E-state index < -0.39 is 82.8 Å². The van der Waals surface area contributed by atoms with Gasteiger partial charge in [-0.05, 0) is 70.5 Å². The lowest BCUT2D eigenvalue weighted by molar-refractivity contribution is -0.140. The molecule has 3 amide bonds. The number of benzene rings is 2. The number of carbonyl (C=O) groups is 5. The van der Waals surface area contributed by atoms with E-state index in [1.54, 1.807) is 27.7 Å². The Bertz CT molecular complexity index is 2440. The van der Waals surface area contributed by atoms with E-state index in [0.717, 1.165) is 0 Å². The highest BCUT2D eigenvalue weighted by molar-refractivity contribution is 7.48. The highest BCUT2D eigenvalue weighted by Crippen LogP contribution is 2.52. The molecule has 2 atom stereocenters. The number of carboxylic acid groups (broad SMARTS) is 2. The monoisotopic (exact) mass is 950 g/mol. The van der Waals surface area contributed by atoms with Crippen LogP contribution in [-0.4, -0.2) is 112 Å². The van der Waals surface area contributed by atoms with Gasteiger partial charge in [0, 0.05) is 24.2 Å². The van der Waals surface area contributed by atoms with Gasteiger partial charge in [-0.2, -0.15) is 4.98 Å². The van der Waals surface area contributed by atoms with Crippen LogP contribution in [0.5, 0.6) is 5.75 Å². The van der Waals surface area contributed by atoms with Crippen LogP contribution in [0.25, 0.3) is 11.2 Å². The molecule has 0 spiro atoms. The fraction of sp³-hybridized carbons (Fsp3) is 0.395. The second-order valence-corrected chi connectivity index (χ2v) is 16.3. The van der Waals surface area contributed by atoms with Crippen LogP contribution in [-0.2, 0) is 52.4 Å². The number of phosphoric acid groups is 2. The molecule has 7 N–H and O–H groups in total. The standard InChI is InChI=1S/C38H48N8O17P2/c1-5-57-64(55,58-6-2)61-22-26(63-65(56,59-7-3)60-8-4)21-41-34(50)27-11-9-10-12-29(27)62-38(54)46-37-44-32-31(35(51)45-37)42-25(20-40-32)19-39-24-15-13-23(14-16-24)33(49)43-28(36(52)53)17-18-30(47)48/h9-16,20,26,28,39H,5-8,17-19,21-22H2,1-4H3,(H,41,50)(H,43,49)(H,47,48)(H,52,53)(H2,40,44,45,46,51,54)/t26?,28-/m0/s1. The SMILES string of the molecule is CCOP(=O)(OCC)OCC(CNC(=O)c1ccccc1OC(=O)Nc1nc2ncc(CNc3ccc(C(=O)N[C@@H](CCC(=O)O)C(=O)O)cc3)nc2c(=O)[nH]1)OP(=O)(OCC)OCC. The number of rotatable bonds is 27. The van der Waals surface area contributed by atoms with Crippen LogP contribution in [0.15, 0.2) is 59.5 Å². The minimum atomic E-state index is -4.19. The van der Waals surface area contributed by atoms with Gasteiger partial charge in [0.05, 0.1) is 57.0 Å². The van der Waals surface area contributed by atoms with Crippen molar-refractivity contribution in [2.45, 2.75) is 59.2 Å². The number of aliphatic carboxylic acids is 2. The zero-order valence-corrected chi connectivity index (χ0v) is 37.3. The number of amides is 3. The van der Waals surface area contributed by atoms with Gasteiger partial charge in [0.1, 0.15) is 17.9 Å². The molecule has 2 aromatic carbocycles. The molecule has 1 unspecified atom stereocenters. The number of H-pyrrole nitrogens is 1. The maximum atomic E-state index is 13.4. The van der Waals surface area contributed by atoms with E-state index in [-0.39, 0.29) is 73.4 Å². The molecule has 2 heterocycles. The Kier molecular flexibility index (Phi) is 19.6. The van der Waals surface area contributed by atoms with Crippen molar-refractivity contribution in [3.05, 3.63) is 81.9 Å². The van der Waals surface area contributed by atoms with E-state index in [1.807, 2.05) is 0 Å². The molecule has 4 rings (SSSR count). The predicted molar refractivity (Wildman–Crippen MR) is 228 cm³/mol. The minimum Gasteiger partial charge on any atom is -0.481 e. The molecule has 25 nitrogen and oxygen atoms in total. The Hall–Kier alpha value is -6.17. The molecule has 0 bridgehead atoms. The Morgan fingerprint density at radius 2 is 1.46 bits per heavy atom. The Morgan fingerprint density at radius 3 is 2.09 bits per heavy atom. The summed E-state index contributed by atoms with van der Waals surface area (Å²) < 4.78 is 63.2. The van der Waals surface area contributed by atoms with Crippen LogP contribution in [0.2, 0.25) is 0 Å². The summed E-state index contributed by atoms with van der Waals surface area (Å²) in [5.41, 5.74) is -0.247. The lowest BCUT2D eigenvalue weighted by Gasteiger charge is -2.25. The summed E-state index contributed by atoms with van der Waals surface area (Å²) in [4.78, 5) is 89.2. The number of aromatic amines is 1. The zero-order valence-electron chi connectivity index (χ0n) is 35.5. The van der Waals surface area contributed by atoms with Crippen LogP contribution < -0.4 is 31.6 Å². The molecule has 0 aliphatic carbocycles. The number of aromatic nitrogens is 4. The quantitative estimate of drug-likeness (QED) is 0.0405. The number of ether oxygens (including phenoxy) is 1. The van der Waals surface area contributed by atoms with Gasteiger partial charge in [0.25, 0.3) is 17.4 Å². The molecule has 4 aromatic rings. The van der Waals surface area contributed by atoms with Crippen LogP contribution in [0.1, 0.15) is 66.9 Å². The van der Waals surface area contributed by atoms with Crippen molar-refractivity contribution in [2.24, 2.45) is 0 Å². The van der Waals surface area contributed by atoms with Gasteiger partial charge in [0.2, 0.25) is 5.95 Å². The van der Waals surface area contributed by atoms with Gasteiger partial charge in [-0.15, -0.1) is 0 Å². The normalized spacial score (nSPS) is 12.5. The summed E-state index contributed by atoms with van der Waals surface area (Å²) in [5, 5.41) is 28.3. The average molecular weight is 951 g/mol. The second kappa shape index (κ2) is 24.8. The Labute approximate surface area is 370 Å². The number of carbonyl (C=O) groups excluding carboxylic acids is 3. The molecule has 352 valence electrons. The molecule has 65 heavy (non-hydrogen) atoms. The maximum Gasteiger partial charge on any atom is 0.475 e. The Balaban J connectivity index is 1.38. The highest BCUT2D eigenvalue weighted by atomic mass is 31.2. The van der Waals surface area contributed by atoms with E-state index in [2.05, 4.69) is 41.2 Å². The molecule has 0 aliphatic heterocycles. The summed E-state index contributed by atoms with van der Waals surface area (Å²) in [6, 6.07) is 10.2. The number of nitrogens with zero attached hydrogens (tertiary/aromatic N) is 3. The summed E-state index contributed by atoms with van der Waals surface area (Å²) in [6.07, 6.45) is -1.85. The lowest BCUT2D eigenvalue weighted by Crippen LogP contribution is -2.41. The predicted octanol–water partition coefficient (Wildman–Crippen LogP) is 4.48. The van der Waals surface area contributed by atoms with Crippen LogP contribution in [0.4, 0.5) is 16.4 Å². The lowest BCUT2D eigenvalue weighted by atomic mass is 10.1. The smallest absolute Gasteiger partial charge is 0.475 e.